The number of rotatable bonds is 4. The zero-order chi connectivity index (χ0) is 10.6. The summed E-state index contributed by atoms with van der Waals surface area (Å²) < 4.78 is 4.88. The van der Waals surface area contributed by atoms with Gasteiger partial charge in [-0.05, 0) is 13.0 Å². The van der Waals surface area contributed by atoms with Crippen LogP contribution in [0.3, 0.4) is 0 Å². The summed E-state index contributed by atoms with van der Waals surface area (Å²) in [5.74, 6) is -0.676. The van der Waals surface area contributed by atoms with Gasteiger partial charge >= 0.3 is 0 Å². The Balaban J connectivity index is 2.41. The van der Waals surface area contributed by atoms with Crippen molar-refractivity contribution < 1.29 is 14.3 Å². The summed E-state index contributed by atoms with van der Waals surface area (Å²) >= 11 is 0. The molecule has 0 spiro atoms. The maximum atomic E-state index is 11.2. The van der Waals surface area contributed by atoms with E-state index >= 15 is 0 Å². The van der Waals surface area contributed by atoms with Crippen molar-refractivity contribution in [3.63, 3.8) is 0 Å². The Labute approximate surface area is 82.0 Å². The number of allylic oxidation sites excluding steroid dienone is 1. The third-order valence-corrected chi connectivity index (χ3v) is 1.60. The molecule has 5 heteroatoms. The van der Waals surface area contributed by atoms with Crippen molar-refractivity contribution in [1.29, 1.82) is 0 Å². The molecular formula is C9H12N2O3. The number of amides is 2. The van der Waals surface area contributed by atoms with Crippen LogP contribution in [0, 0.1) is 0 Å². The predicted octanol–water partition coefficient (Wildman–Crippen LogP) is -0.0338. The molecular weight excluding hydrogens is 184 g/mol. The summed E-state index contributed by atoms with van der Waals surface area (Å²) in [6.45, 7) is 5.77. The van der Waals surface area contributed by atoms with Gasteiger partial charge in [-0.25, -0.2) is 5.01 Å². The summed E-state index contributed by atoms with van der Waals surface area (Å²) in [7, 11) is 0. The molecule has 0 saturated heterocycles. The average Bonchev–Trinajstić information content (AvgIpc) is 2.46. The number of nitrogens with one attached hydrogen (secondary N) is 1. The van der Waals surface area contributed by atoms with Crippen LogP contribution in [0.25, 0.3) is 0 Å². The van der Waals surface area contributed by atoms with Crippen LogP contribution < -0.4 is 5.43 Å². The molecule has 0 aromatic rings. The summed E-state index contributed by atoms with van der Waals surface area (Å²) in [6, 6.07) is 0. The third-order valence-electron chi connectivity index (χ3n) is 1.60. The fourth-order valence-electron chi connectivity index (χ4n) is 0.937. The van der Waals surface area contributed by atoms with E-state index in [-0.39, 0.29) is 18.4 Å². The number of hydrogen-bond acceptors (Lipinski definition) is 3. The summed E-state index contributed by atoms with van der Waals surface area (Å²) in [5, 5.41) is 1.08. The van der Waals surface area contributed by atoms with Gasteiger partial charge in [0.25, 0.3) is 11.8 Å². The Kier molecular flexibility index (Phi) is 3.41. The van der Waals surface area contributed by atoms with Crippen LogP contribution in [0.4, 0.5) is 0 Å². The number of carbonyl (C=O) groups excluding carboxylic acids is 2. The number of hydrazine groups is 1. The Morgan fingerprint density at radius 2 is 2.36 bits per heavy atom. The maximum Gasteiger partial charge on any atom is 0.269 e. The minimum absolute atomic E-state index is 0.0619. The van der Waals surface area contributed by atoms with Gasteiger partial charge in [0, 0.05) is 12.7 Å². The molecule has 76 valence electrons. The van der Waals surface area contributed by atoms with Gasteiger partial charge in [-0.15, -0.1) is 0 Å². The number of carbonyl (C=O) groups is 2. The predicted molar refractivity (Wildman–Crippen MR) is 49.8 cm³/mol. The first-order valence-electron chi connectivity index (χ1n) is 4.23. The molecule has 0 fully saturated rings. The summed E-state index contributed by atoms with van der Waals surface area (Å²) in [6.07, 6.45) is 2.87. The van der Waals surface area contributed by atoms with E-state index in [1.54, 1.807) is 6.92 Å². The second-order valence-corrected chi connectivity index (χ2v) is 2.67. The van der Waals surface area contributed by atoms with Gasteiger partial charge < -0.3 is 4.74 Å². The molecule has 0 radical (unpaired) electrons. The van der Waals surface area contributed by atoms with E-state index in [0.717, 1.165) is 5.01 Å². The Hall–Kier alpha value is -1.62. The molecule has 1 aliphatic heterocycles. The van der Waals surface area contributed by atoms with E-state index in [9.17, 15) is 9.59 Å². The molecule has 0 aliphatic carbocycles. The molecule has 1 rings (SSSR count). The van der Waals surface area contributed by atoms with Gasteiger partial charge in [-0.3, -0.25) is 15.0 Å². The SMILES string of the molecule is C=C1C=CC(=O)N1NC(=O)COCC. The van der Waals surface area contributed by atoms with Crippen molar-refractivity contribution in [1.82, 2.24) is 10.4 Å². The van der Waals surface area contributed by atoms with Crippen molar-refractivity contribution in [2.75, 3.05) is 13.2 Å². The smallest absolute Gasteiger partial charge is 0.269 e. The van der Waals surface area contributed by atoms with Crippen molar-refractivity contribution in [2.24, 2.45) is 0 Å². The molecule has 2 amide bonds. The quantitative estimate of drug-likeness (QED) is 0.686. The van der Waals surface area contributed by atoms with Gasteiger partial charge in [-0.2, -0.15) is 0 Å². The Morgan fingerprint density at radius 1 is 1.64 bits per heavy atom. The van der Waals surface area contributed by atoms with E-state index in [1.807, 2.05) is 0 Å². The Morgan fingerprint density at radius 3 is 2.86 bits per heavy atom. The standard InChI is InChI=1S/C9H12N2O3/c1-3-14-6-8(12)10-11-7(2)4-5-9(11)13/h4-5H,2-3,6H2,1H3,(H,10,12). The first kappa shape index (κ1) is 10.5. The number of nitrogens with zero attached hydrogens (tertiary/aromatic N) is 1. The molecule has 1 heterocycles. The fourth-order valence-corrected chi connectivity index (χ4v) is 0.937. The first-order valence-corrected chi connectivity index (χ1v) is 4.23. The first-order chi connectivity index (χ1) is 6.65. The van der Waals surface area contributed by atoms with Gasteiger partial charge in [0.2, 0.25) is 0 Å². The maximum absolute atomic E-state index is 11.2. The van der Waals surface area contributed by atoms with Crippen molar-refractivity contribution >= 4 is 11.8 Å². The average molecular weight is 196 g/mol. The zero-order valence-electron chi connectivity index (χ0n) is 7.95. The lowest BCUT2D eigenvalue weighted by atomic mass is 10.5. The monoisotopic (exact) mass is 196 g/mol. The lowest BCUT2D eigenvalue weighted by Crippen LogP contribution is -2.43. The lowest BCUT2D eigenvalue weighted by molar-refractivity contribution is -0.137. The molecule has 0 aromatic carbocycles. The molecule has 0 unspecified atom stereocenters. The fraction of sp³-hybridized carbons (Fsp3) is 0.333. The highest BCUT2D eigenvalue weighted by Gasteiger charge is 2.20. The van der Waals surface area contributed by atoms with E-state index in [1.165, 1.54) is 12.2 Å². The molecule has 14 heavy (non-hydrogen) atoms. The van der Waals surface area contributed by atoms with Crippen molar-refractivity contribution in [2.45, 2.75) is 6.92 Å². The lowest BCUT2D eigenvalue weighted by Gasteiger charge is -2.17. The molecule has 0 bridgehead atoms. The van der Waals surface area contributed by atoms with E-state index in [2.05, 4.69) is 12.0 Å². The number of ether oxygens (including phenoxy) is 1. The highest BCUT2D eigenvalue weighted by atomic mass is 16.5. The van der Waals surface area contributed by atoms with Gasteiger partial charge in [-0.1, -0.05) is 6.58 Å². The molecule has 0 saturated carbocycles. The van der Waals surface area contributed by atoms with Crippen molar-refractivity contribution in [3.05, 3.63) is 24.4 Å². The number of hydrogen-bond donors (Lipinski definition) is 1. The summed E-state index contributed by atoms with van der Waals surface area (Å²) in [4.78, 5) is 22.3. The molecule has 1 aliphatic rings. The highest BCUT2D eigenvalue weighted by molar-refractivity contribution is 5.94. The van der Waals surface area contributed by atoms with Crippen LogP contribution >= 0.6 is 0 Å². The van der Waals surface area contributed by atoms with Crippen LogP contribution in [-0.2, 0) is 14.3 Å². The highest BCUT2D eigenvalue weighted by Crippen LogP contribution is 2.08. The molecule has 0 aromatic heterocycles. The molecule has 5 nitrogen and oxygen atoms in total. The second kappa shape index (κ2) is 4.57. The minimum atomic E-state index is -0.370. The third kappa shape index (κ3) is 2.43. The van der Waals surface area contributed by atoms with Gasteiger partial charge in [0.05, 0.1) is 5.70 Å². The van der Waals surface area contributed by atoms with Crippen LogP contribution in [0.15, 0.2) is 24.4 Å². The topological polar surface area (TPSA) is 58.6 Å². The second-order valence-electron chi connectivity index (χ2n) is 2.67. The van der Waals surface area contributed by atoms with Gasteiger partial charge in [0.1, 0.15) is 6.61 Å². The molecule has 0 atom stereocenters. The van der Waals surface area contributed by atoms with E-state index in [4.69, 9.17) is 4.74 Å². The largest absolute Gasteiger partial charge is 0.372 e. The normalized spacial score (nSPS) is 15.1. The van der Waals surface area contributed by atoms with Gasteiger partial charge in [0.15, 0.2) is 0 Å². The molecule has 1 N–H and O–H groups in total. The Bertz CT molecular complexity index is 278. The van der Waals surface area contributed by atoms with Crippen molar-refractivity contribution in [3.8, 4) is 0 Å². The van der Waals surface area contributed by atoms with E-state index < -0.39 is 0 Å². The minimum Gasteiger partial charge on any atom is -0.372 e. The van der Waals surface area contributed by atoms with Crippen LogP contribution in [0.1, 0.15) is 6.92 Å². The zero-order valence-corrected chi connectivity index (χ0v) is 7.95. The van der Waals surface area contributed by atoms with E-state index in [0.29, 0.717) is 12.3 Å². The van der Waals surface area contributed by atoms with Crippen LogP contribution in [0.2, 0.25) is 0 Å². The van der Waals surface area contributed by atoms with Crippen LogP contribution in [-0.4, -0.2) is 30.0 Å². The summed E-state index contributed by atoms with van der Waals surface area (Å²) in [5.41, 5.74) is 2.82. The van der Waals surface area contributed by atoms with Crippen LogP contribution in [0.5, 0.6) is 0 Å².